The molecule has 1 aliphatic carbocycles. The molecule has 2 aromatic carbocycles. The summed E-state index contributed by atoms with van der Waals surface area (Å²) < 4.78 is 14.0. The predicted molar refractivity (Wildman–Crippen MR) is 72.1 cm³/mol. The number of hydrogen-bond donors (Lipinski definition) is 1. The van der Waals surface area contributed by atoms with Gasteiger partial charge in [0.25, 0.3) is 0 Å². The van der Waals surface area contributed by atoms with Crippen molar-refractivity contribution in [1.82, 2.24) is 0 Å². The van der Waals surface area contributed by atoms with Crippen LogP contribution < -0.4 is 5.73 Å². The van der Waals surface area contributed by atoms with Crippen LogP contribution in [0.4, 0.5) is 4.39 Å². The highest BCUT2D eigenvalue weighted by Crippen LogP contribution is 2.37. The molecule has 0 bridgehead atoms. The fourth-order valence-corrected chi connectivity index (χ4v) is 2.81. The summed E-state index contributed by atoms with van der Waals surface area (Å²) >= 11 is 5.78. The van der Waals surface area contributed by atoms with Gasteiger partial charge in [-0.2, -0.15) is 0 Å². The lowest BCUT2D eigenvalue weighted by atomic mass is 9.96. The van der Waals surface area contributed by atoms with E-state index in [4.69, 9.17) is 17.3 Å². The van der Waals surface area contributed by atoms with Crippen LogP contribution in [0.2, 0.25) is 5.02 Å². The zero-order valence-corrected chi connectivity index (χ0v) is 10.5. The first-order chi connectivity index (χ1) is 8.66. The fraction of sp³-hybridized carbons (Fsp3) is 0.200. The van der Waals surface area contributed by atoms with E-state index in [2.05, 4.69) is 0 Å². The van der Waals surface area contributed by atoms with E-state index in [1.807, 2.05) is 18.2 Å². The number of hydrogen-bond acceptors (Lipinski definition) is 1. The van der Waals surface area contributed by atoms with E-state index in [-0.39, 0.29) is 11.9 Å². The molecule has 2 N–H and O–H groups in total. The van der Waals surface area contributed by atoms with Crippen LogP contribution in [-0.4, -0.2) is 0 Å². The van der Waals surface area contributed by atoms with Gasteiger partial charge >= 0.3 is 0 Å². The van der Waals surface area contributed by atoms with Gasteiger partial charge in [0.15, 0.2) is 0 Å². The minimum Gasteiger partial charge on any atom is -0.324 e. The van der Waals surface area contributed by atoms with E-state index in [0.717, 1.165) is 24.0 Å². The van der Waals surface area contributed by atoms with Crippen molar-refractivity contribution in [3.8, 4) is 11.1 Å². The maximum atomic E-state index is 14.0. The molecule has 1 unspecified atom stereocenters. The summed E-state index contributed by atoms with van der Waals surface area (Å²) in [7, 11) is 0. The summed E-state index contributed by atoms with van der Waals surface area (Å²) in [6, 6.07) is 10.8. The minimum atomic E-state index is -0.281. The summed E-state index contributed by atoms with van der Waals surface area (Å²) in [6.07, 6.45) is 1.84. The van der Waals surface area contributed by atoms with Crippen molar-refractivity contribution in [2.24, 2.45) is 5.73 Å². The molecule has 3 rings (SSSR count). The molecule has 0 saturated carbocycles. The average Bonchev–Trinajstić information content (AvgIpc) is 2.72. The third-order valence-electron chi connectivity index (χ3n) is 3.54. The number of benzene rings is 2. The lowest BCUT2D eigenvalue weighted by Crippen LogP contribution is -2.05. The SMILES string of the molecule is NC1CCc2c(-c3ccc(Cl)cc3F)cccc21. The molecule has 1 atom stereocenters. The summed E-state index contributed by atoms with van der Waals surface area (Å²) in [5.41, 5.74) is 9.90. The van der Waals surface area contributed by atoms with Crippen molar-refractivity contribution in [2.75, 3.05) is 0 Å². The maximum absolute atomic E-state index is 14.0. The standard InChI is InChI=1S/C15H13ClFN/c16-9-4-5-12(14(17)8-9)10-2-1-3-13-11(10)6-7-15(13)18/h1-5,8,15H,6-7,18H2. The quantitative estimate of drug-likeness (QED) is 0.822. The smallest absolute Gasteiger partial charge is 0.132 e. The van der Waals surface area contributed by atoms with Gasteiger partial charge in [-0.05, 0) is 47.7 Å². The monoisotopic (exact) mass is 261 g/mol. The second-order valence-electron chi connectivity index (χ2n) is 4.64. The Bertz CT molecular complexity index is 609. The molecule has 1 aliphatic rings. The van der Waals surface area contributed by atoms with Gasteiger partial charge in [0, 0.05) is 16.6 Å². The minimum absolute atomic E-state index is 0.0790. The Kier molecular flexibility index (Phi) is 2.84. The zero-order valence-electron chi connectivity index (χ0n) is 9.79. The molecule has 0 saturated heterocycles. The van der Waals surface area contributed by atoms with Gasteiger partial charge in [0.2, 0.25) is 0 Å². The molecule has 0 radical (unpaired) electrons. The van der Waals surface area contributed by atoms with Crippen molar-refractivity contribution in [3.05, 3.63) is 58.4 Å². The highest BCUT2D eigenvalue weighted by atomic mass is 35.5. The first-order valence-corrected chi connectivity index (χ1v) is 6.37. The van der Waals surface area contributed by atoms with E-state index in [1.54, 1.807) is 12.1 Å². The molecule has 0 heterocycles. The van der Waals surface area contributed by atoms with Crippen LogP contribution in [0.25, 0.3) is 11.1 Å². The largest absolute Gasteiger partial charge is 0.324 e. The van der Waals surface area contributed by atoms with Crippen molar-refractivity contribution in [1.29, 1.82) is 0 Å². The molecule has 3 heteroatoms. The molecule has 0 spiro atoms. The lowest BCUT2D eigenvalue weighted by molar-refractivity contribution is 0.631. The maximum Gasteiger partial charge on any atom is 0.132 e. The van der Waals surface area contributed by atoms with Crippen molar-refractivity contribution in [3.63, 3.8) is 0 Å². The molecule has 0 aliphatic heterocycles. The van der Waals surface area contributed by atoms with Gasteiger partial charge in [-0.25, -0.2) is 4.39 Å². The Labute approximate surface area is 110 Å². The molecule has 0 fully saturated rings. The van der Waals surface area contributed by atoms with Gasteiger partial charge in [0.1, 0.15) is 5.82 Å². The van der Waals surface area contributed by atoms with Crippen LogP contribution in [0, 0.1) is 5.82 Å². The predicted octanol–water partition coefficient (Wildman–Crippen LogP) is 4.09. The number of fused-ring (bicyclic) bond motifs is 1. The fourth-order valence-electron chi connectivity index (χ4n) is 2.65. The second-order valence-corrected chi connectivity index (χ2v) is 5.08. The molecular weight excluding hydrogens is 249 g/mol. The second kappa shape index (κ2) is 4.38. The van der Waals surface area contributed by atoms with Crippen molar-refractivity contribution < 1.29 is 4.39 Å². The Hall–Kier alpha value is -1.38. The van der Waals surface area contributed by atoms with Gasteiger partial charge in [-0.1, -0.05) is 29.8 Å². The van der Waals surface area contributed by atoms with E-state index in [9.17, 15) is 4.39 Å². The van der Waals surface area contributed by atoms with E-state index in [1.165, 1.54) is 11.6 Å². The van der Waals surface area contributed by atoms with Crippen LogP contribution in [0.3, 0.4) is 0 Å². The molecule has 92 valence electrons. The average molecular weight is 262 g/mol. The first-order valence-electron chi connectivity index (χ1n) is 5.99. The van der Waals surface area contributed by atoms with Crippen molar-refractivity contribution >= 4 is 11.6 Å². The number of rotatable bonds is 1. The van der Waals surface area contributed by atoms with Crippen LogP contribution in [-0.2, 0) is 6.42 Å². The zero-order chi connectivity index (χ0) is 12.7. The molecule has 18 heavy (non-hydrogen) atoms. The van der Waals surface area contributed by atoms with E-state index < -0.39 is 0 Å². The highest BCUT2D eigenvalue weighted by molar-refractivity contribution is 6.30. The van der Waals surface area contributed by atoms with Crippen LogP contribution in [0.5, 0.6) is 0 Å². The van der Waals surface area contributed by atoms with Gasteiger partial charge in [-0.15, -0.1) is 0 Å². The Morgan fingerprint density at radius 2 is 2.00 bits per heavy atom. The van der Waals surface area contributed by atoms with Crippen molar-refractivity contribution in [2.45, 2.75) is 18.9 Å². The van der Waals surface area contributed by atoms with E-state index >= 15 is 0 Å². The van der Waals surface area contributed by atoms with Crippen LogP contribution >= 0.6 is 11.6 Å². The third-order valence-corrected chi connectivity index (χ3v) is 3.77. The summed E-state index contributed by atoms with van der Waals surface area (Å²) in [6.45, 7) is 0. The van der Waals surface area contributed by atoms with Crippen LogP contribution in [0.1, 0.15) is 23.6 Å². The summed E-state index contributed by atoms with van der Waals surface area (Å²) in [4.78, 5) is 0. The topological polar surface area (TPSA) is 26.0 Å². The van der Waals surface area contributed by atoms with Gasteiger partial charge < -0.3 is 5.73 Å². The number of nitrogens with two attached hydrogens (primary N) is 1. The summed E-state index contributed by atoms with van der Waals surface area (Å²) in [5, 5.41) is 0.417. The Morgan fingerprint density at radius 1 is 1.17 bits per heavy atom. The third kappa shape index (κ3) is 1.82. The number of halogens is 2. The van der Waals surface area contributed by atoms with E-state index in [0.29, 0.717) is 10.6 Å². The molecule has 0 amide bonds. The van der Waals surface area contributed by atoms with Gasteiger partial charge in [-0.3, -0.25) is 0 Å². The molecular formula is C15H13ClFN. The van der Waals surface area contributed by atoms with Gasteiger partial charge in [0.05, 0.1) is 0 Å². The summed E-state index contributed by atoms with van der Waals surface area (Å²) in [5.74, 6) is -0.281. The molecule has 0 aromatic heterocycles. The Balaban J connectivity index is 2.19. The normalized spacial score (nSPS) is 17.8. The van der Waals surface area contributed by atoms with Crippen LogP contribution in [0.15, 0.2) is 36.4 Å². The molecule has 2 aromatic rings. The first kappa shape index (κ1) is 11.7. The Morgan fingerprint density at radius 3 is 2.78 bits per heavy atom. The highest BCUT2D eigenvalue weighted by Gasteiger charge is 2.22. The molecule has 1 nitrogen and oxygen atoms in total. The lowest BCUT2D eigenvalue weighted by Gasteiger charge is -2.11.